The molecule has 0 bridgehead atoms. The lowest BCUT2D eigenvalue weighted by Crippen LogP contribution is -2.26. The van der Waals surface area contributed by atoms with E-state index in [-0.39, 0.29) is 5.75 Å². The number of nitrogens with zero attached hydrogens (tertiary/aromatic N) is 1. The van der Waals surface area contributed by atoms with Crippen LogP contribution in [0.3, 0.4) is 0 Å². The van der Waals surface area contributed by atoms with Crippen LogP contribution in [0.15, 0.2) is 24.3 Å². The Balaban J connectivity index is 2.25. The molecule has 0 radical (unpaired) electrons. The minimum atomic E-state index is -2.86. The Hall–Kier alpha value is -1.07. The molecule has 0 unspecified atom stereocenters. The number of anilines is 1. The highest BCUT2D eigenvalue weighted by Gasteiger charge is 2.05. The van der Waals surface area contributed by atoms with Gasteiger partial charge in [0.15, 0.2) is 0 Å². The van der Waals surface area contributed by atoms with Gasteiger partial charge in [0.1, 0.15) is 9.84 Å². The van der Waals surface area contributed by atoms with E-state index in [9.17, 15) is 8.42 Å². The molecule has 0 heterocycles. The van der Waals surface area contributed by atoms with E-state index in [0.717, 1.165) is 25.1 Å². The van der Waals surface area contributed by atoms with Crippen LogP contribution in [0.2, 0.25) is 0 Å². The van der Waals surface area contributed by atoms with Crippen LogP contribution < -0.4 is 5.73 Å². The fourth-order valence-corrected chi connectivity index (χ4v) is 2.38. The highest BCUT2D eigenvalue weighted by atomic mass is 32.2. The number of nitrogens with two attached hydrogens (primary N) is 1. The maximum Gasteiger partial charge on any atom is 0.148 e. The summed E-state index contributed by atoms with van der Waals surface area (Å²) < 4.78 is 22.1. The molecule has 18 heavy (non-hydrogen) atoms. The maximum absolute atomic E-state index is 11.0. The van der Waals surface area contributed by atoms with E-state index in [4.69, 9.17) is 5.73 Å². The largest absolute Gasteiger partial charge is 0.399 e. The number of hydrogen-bond donors (Lipinski definition) is 1. The molecule has 0 amide bonds. The normalized spacial score (nSPS) is 11.9. The van der Waals surface area contributed by atoms with Gasteiger partial charge in [-0.3, -0.25) is 0 Å². The molecule has 0 atom stereocenters. The molecule has 2 N–H and O–H groups in total. The van der Waals surface area contributed by atoms with Crippen molar-refractivity contribution in [1.82, 2.24) is 4.90 Å². The van der Waals surface area contributed by atoms with Crippen LogP contribution in [-0.2, 0) is 16.3 Å². The number of benzene rings is 1. The quantitative estimate of drug-likeness (QED) is 0.756. The first kappa shape index (κ1) is 15.0. The van der Waals surface area contributed by atoms with E-state index in [1.165, 1.54) is 11.8 Å². The van der Waals surface area contributed by atoms with Crippen LogP contribution in [-0.4, -0.2) is 45.5 Å². The first-order valence-electron chi connectivity index (χ1n) is 6.07. The van der Waals surface area contributed by atoms with Gasteiger partial charge >= 0.3 is 0 Å². The monoisotopic (exact) mass is 270 g/mol. The molecule has 0 aliphatic rings. The van der Waals surface area contributed by atoms with Gasteiger partial charge in [0.05, 0.1) is 5.75 Å². The van der Waals surface area contributed by atoms with Gasteiger partial charge in [-0.05, 0) is 44.1 Å². The molecular weight excluding hydrogens is 248 g/mol. The average Bonchev–Trinajstić information content (AvgIpc) is 2.25. The third-order valence-electron chi connectivity index (χ3n) is 2.80. The SMILES string of the molecule is CN(CCCc1cccc(N)c1)CCS(C)(=O)=O. The summed E-state index contributed by atoms with van der Waals surface area (Å²) in [5, 5.41) is 0. The standard InChI is InChI=1S/C13H22N2O2S/c1-15(9-10-18(2,16)17)8-4-6-12-5-3-7-13(14)11-12/h3,5,7,11H,4,6,8-10,14H2,1-2H3. The lowest BCUT2D eigenvalue weighted by Gasteiger charge is -2.15. The predicted octanol–water partition coefficient (Wildman–Crippen LogP) is 1.18. The average molecular weight is 270 g/mol. The first-order chi connectivity index (χ1) is 8.37. The second-order valence-electron chi connectivity index (χ2n) is 4.78. The minimum absolute atomic E-state index is 0.224. The van der Waals surface area contributed by atoms with Gasteiger partial charge < -0.3 is 10.6 Å². The van der Waals surface area contributed by atoms with E-state index >= 15 is 0 Å². The van der Waals surface area contributed by atoms with Crippen LogP contribution >= 0.6 is 0 Å². The zero-order chi connectivity index (χ0) is 13.6. The Morgan fingerprint density at radius 3 is 2.61 bits per heavy atom. The van der Waals surface area contributed by atoms with Gasteiger partial charge in [0.25, 0.3) is 0 Å². The summed E-state index contributed by atoms with van der Waals surface area (Å²) in [6.07, 6.45) is 3.24. The van der Waals surface area contributed by atoms with Crippen molar-refractivity contribution in [2.24, 2.45) is 0 Å². The summed E-state index contributed by atoms with van der Waals surface area (Å²) in [6.45, 7) is 1.49. The van der Waals surface area contributed by atoms with Crippen molar-refractivity contribution < 1.29 is 8.42 Å². The second kappa shape index (κ2) is 6.75. The number of hydrogen-bond acceptors (Lipinski definition) is 4. The van der Waals surface area contributed by atoms with Crippen molar-refractivity contribution in [1.29, 1.82) is 0 Å². The fourth-order valence-electron chi connectivity index (χ4n) is 1.74. The van der Waals surface area contributed by atoms with Gasteiger partial charge in [0, 0.05) is 18.5 Å². The molecule has 102 valence electrons. The third kappa shape index (κ3) is 6.61. The van der Waals surface area contributed by atoms with Gasteiger partial charge in [-0.1, -0.05) is 12.1 Å². The van der Waals surface area contributed by atoms with Crippen molar-refractivity contribution in [3.05, 3.63) is 29.8 Å². The lowest BCUT2D eigenvalue weighted by molar-refractivity contribution is 0.348. The summed E-state index contributed by atoms with van der Waals surface area (Å²) in [7, 11) is -0.911. The van der Waals surface area contributed by atoms with Crippen molar-refractivity contribution >= 4 is 15.5 Å². The molecule has 0 aliphatic heterocycles. The van der Waals surface area contributed by atoms with Crippen molar-refractivity contribution in [3.8, 4) is 0 Å². The number of nitrogen functional groups attached to an aromatic ring is 1. The minimum Gasteiger partial charge on any atom is -0.399 e. The summed E-state index contributed by atoms with van der Waals surface area (Å²) in [5.74, 6) is 0.224. The topological polar surface area (TPSA) is 63.4 Å². The van der Waals surface area contributed by atoms with Crippen LogP contribution in [0, 0.1) is 0 Å². The lowest BCUT2D eigenvalue weighted by atomic mass is 10.1. The Kier molecular flexibility index (Phi) is 5.62. The van der Waals surface area contributed by atoms with Gasteiger partial charge in [-0.15, -0.1) is 0 Å². The van der Waals surface area contributed by atoms with Crippen LogP contribution in [0.1, 0.15) is 12.0 Å². The molecule has 5 heteroatoms. The van der Waals surface area contributed by atoms with E-state index in [0.29, 0.717) is 6.54 Å². The van der Waals surface area contributed by atoms with Gasteiger partial charge in [0.2, 0.25) is 0 Å². The Bertz CT molecular complexity index is 472. The van der Waals surface area contributed by atoms with Crippen molar-refractivity contribution in [2.75, 3.05) is 37.9 Å². The molecule has 0 aliphatic carbocycles. The van der Waals surface area contributed by atoms with Crippen LogP contribution in [0.4, 0.5) is 5.69 Å². The van der Waals surface area contributed by atoms with E-state index in [2.05, 4.69) is 6.07 Å². The smallest absolute Gasteiger partial charge is 0.148 e. The van der Waals surface area contributed by atoms with Crippen LogP contribution in [0.25, 0.3) is 0 Å². The molecule has 4 nitrogen and oxygen atoms in total. The molecular formula is C13H22N2O2S. The van der Waals surface area contributed by atoms with E-state index in [1.54, 1.807) is 0 Å². The molecule has 0 saturated heterocycles. The highest BCUT2D eigenvalue weighted by molar-refractivity contribution is 7.90. The van der Waals surface area contributed by atoms with Crippen LogP contribution in [0.5, 0.6) is 0 Å². The third-order valence-corrected chi connectivity index (χ3v) is 3.72. The fraction of sp³-hybridized carbons (Fsp3) is 0.538. The maximum atomic E-state index is 11.0. The molecule has 0 spiro atoms. The van der Waals surface area contributed by atoms with Crippen molar-refractivity contribution in [3.63, 3.8) is 0 Å². The summed E-state index contributed by atoms with van der Waals surface area (Å²) >= 11 is 0. The highest BCUT2D eigenvalue weighted by Crippen LogP contribution is 2.08. The first-order valence-corrected chi connectivity index (χ1v) is 8.13. The molecule has 1 rings (SSSR count). The predicted molar refractivity (Wildman–Crippen MR) is 76.4 cm³/mol. The second-order valence-corrected chi connectivity index (χ2v) is 7.04. The van der Waals surface area contributed by atoms with Gasteiger partial charge in [-0.25, -0.2) is 8.42 Å². The molecule has 0 fully saturated rings. The van der Waals surface area contributed by atoms with Gasteiger partial charge in [-0.2, -0.15) is 0 Å². The Morgan fingerprint density at radius 1 is 1.28 bits per heavy atom. The molecule has 1 aromatic carbocycles. The number of sulfone groups is 1. The zero-order valence-corrected chi connectivity index (χ0v) is 11.9. The molecule has 1 aromatic rings. The Labute approximate surface area is 110 Å². The zero-order valence-electron chi connectivity index (χ0n) is 11.1. The van der Waals surface area contributed by atoms with E-state index < -0.39 is 9.84 Å². The summed E-state index contributed by atoms with van der Waals surface area (Å²) in [6, 6.07) is 7.88. The van der Waals surface area contributed by atoms with E-state index in [1.807, 2.05) is 30.1 Å². The summed E-state index contributed by atoms with van der Waals surface area (Å²) in [4.78, 5) is 2.05. The number of aryl methyl sites for hydroxylation is 1. The number of rotatable bonds is 7. The molecule has 0 aromatic heterocycles. The molecule has 0 saturated carbocycles. The summed E-state index contributed by atoms with van der Waals surface area (Å²) in [5.41, 5.74) is 7.73. The van der Waals surface area contributed by atoms with Crippen molar-refractivity contribution in [2.45, 2.75) is 12.8 Å². The Morgan fingerprint density at radius 2 is 2.00 bits per heavy atom.